The summed E-state index contributed by atoms with van der Waals surface area (Å²) in [5.74, 6) is -3.01. The van der Waals surface area contributed by atoms with E-state index in [0.717, 1.165) is 18.3 Å². The molecule has 2 rings (SSSR count). The molecule has 2 aromatic rings. The van der Waals surface area contributed by atoms with Crippen molar-refractivity contribution in [2.75, 3.05) is 13.2 Å². The summed E-state index contributed by atoms with van der Waals surface area (Å²) in [7, 11) is 0. The van der Waals surface area contributed by atoms with Gasteiger partial charge in [-0.1, -0.05) is 0 Å². The first kappa shape index (κ1) is 24.0. The van der Waals surface area contributed by atoms with Crippen molar-refractivity contribution >= 4 is 11.7 Å². The number of ether oxygens (including phenoxy) is 1. The van der Waals surface area contributed by atoms with Crippen molar-refractivity contribution < 1.29 is 27.5 Å². The number of Topliss-reactive ketones (excluding diaryl/α,β-unsaturated/α-hetero) is 1. The SMILES string of the molecule is Cc1c(C(=O)C(C#N)C(=O)NCCCOC(C)C)cnn1-c1ccc(C(F)(F)F)cn1. The summed E-state index contributed by atoms with van der Waals surface area (Å²) in [6, 6.07) is 3.65. The number of halogens is 3. The smallest absolute Gasteiger partial charge is 0.379 e. The van der Waals surface area contributed by atoms with E-state index in [2.05, 4.69) is 15.4 Å². The summed E-state index contributed by atoms with van der Waals surface area (Å²) in [5, 5.41) is 15.8. The van der Waals surface area contributed by atoms with Crippen LogP contribution >= 0.6 is 0 Å². The first-order chi connectivity index (χ1) is 14.6. The fourth-order valence-electron chi connectivity index (χ4n) is 2.66. The molecule has 0 fully saturated rings. The molecule has 1 amide bonds. The van der Waals surface area contributed by atoms with Crippen molar-refractivity contribution in [1.82, 2.24) is 20.1 Å². The Bertz CT molecular complexity index is 962. The van der Waals surface area contributed by atoms with Gasteiger partial charge in [0, 0.05) is 19.3 Å². The van der Waals surface area contributed by atoms with Gasteiger partial charge >= 0.3 is 6.18 Å². The highest BCUT2D eigenvalue weighted by Crippen LogP contribution is 2.29. The van der Waals surface area contributed by atoms with Crippen molar-refractivity contribution in [2.45, 2.75) is 39.5 Å². The topological polar surface area (TPSA) is 110 Å². The lowest BCUT2D eigenvalue weighted by molar-refractivity contribution is -0.137. The zero-order chi connectivity index (χ0) is 23.2. The number of aromatic nitrogens is 3. The van der Waals surface area contributed by atoms with Crippen LogP contribution in [0.15, 0.2) is 24.5 Å². The number of hydrogen-bond donors (Lipinski definition) is 1. The molecule has 0 aliphatic carbocycles. The Morgan fingerprint density at radius 1 is 1.29 bits per heavy atom. The van der Waals surface area contributed by atoms with Crippen molar-refractivity contribution in [2.24, 2.45) is 5.92 Å². The highest BCUT2D eigenvalue weighted by molar-refractivity contribution is 6.12. The highest BCUT2D eigenvalue weighted by Gasteiger charge is 2.32. The minimum atomic E-state index is -4.53. The fraction of sp³-hybridized carbons (Fsp3) is 0.450. The maximum Gasteiger partial charge on any atom is 0.417 e. The predicted octanol–water partition coefficient (Wildman–Crippen LogP) is 2.85. The third-order valence-corrected chi connectivity index (χ3v) is 4.29. The summed E-state index contributed by atoms with van der Waals surface area (Å²) in [4.78, 5) is 28.7. The maximum absolute atomic E-state index is 12.7. The average Bonchev–Trinajstić information content (AvgIpc) is 3.08. The lowest BCUT2D eigenvalue weighted by Crippen LogP contribution is -2.35. The normalized spacial score (nSPS) is 12.5. The van der Waals surface area contributed by atoms with Gasteiger partial charge in [-0.05, 0) is 39.3 Å². The summed E-state index contributed by atoms with van der Waals surface area (Å²) < 4.78 is 44.6. The van der Waals surface area contributed by atoms with Crippen molar-refractivity contribution in [3.63, 3.8) is 0 Å². The van der Waals surface area contributed by atoms with Crippen molar-refractivity contribution in [3.8, 4) is 11.9 Å². The Kier molecular flexibility index (Phi) is 7.88. The van der Waals surface area contributed by atoms with Gasteiger partial charge in [-0.15, -0.1) is 0 Å². The number of carbonyl (C=O) groups excluding carboxylic acids is 2. The Hall–Kier alpha value is -3.26. The number of nitrogens with one attached hydrogen (secondary N) is 1. The van der Waals surface area contributed by atoms with E-state index in [1.807, 2.05) is 13.8 Å². The van der Waals surface area contributed by atoms with Gasteiger partial charge in [0.25, 0.3) is 0 Å². The molecule has 1 atom stereocenters. The Morgan fingerprint density at radius 2 is 2.00 bits per heavy atom. The molecule has 0 aromatic carbocycles. The van der Waals surface area contributed by atoms with Crippen LogP contribution in [0.4, 0.5) is 13.2 Å². The third-order valence-electron chi connectivity index (χ3n) is 4.29. The third kappa shape index (κ3) is 6.11. The second-order valence-electron chi connectivity index (χ2n) is 6.95. The van der Waals surface area contributed by atoms with E-state index in [9.17, 15) is 28.0 Å². The average molecular weight is 437 g/mol. The number of nitrogens with zero attached hydrogens (tertiary/aromatic N) is 4. The predicted molar refractivity (Wildman–Crippen MR) is 103 cm³/mol. The molecule has 0 spiro atoms. The van der Waals surface area contributed by atoms with Gasteiger partial charge in [-0.3, -0.25) is 9.59 Å². The molecule has 2 heterocycles. The summed E-state index contributed by atoms with van der Waals surface area (Å²) in [5.41, 5.74) is -0.667. The largest absolute Gasteiger partial charge is 0.417 e. The van der Waals surface area contributed by atoms with Gasteiger partial charge < -0.3 is 10.1 Å². The van der Waals surface area contributed by atoms with Gasteiger partial charge in [0.2, 0.25) is 5.91 Å². The molecule has 1 unspecified atom stereocenters. The number of nitriles is 1. The van der Waals surface area contributed by atoms with Gasteiger partial charge in [-0.2, -0.15) is 23.5 Å². The van der Waals surface area contributed by atoms with Gasteiger partial charge in [0.15, 0.2) is 17.5 Å². The second kappa shape index (κ2) is 10.2. The van der Waals surface area contributed by atoms with Gasteiger partial charge in [-0.25, -0.2) is 9.67 Å². The molecule has 166 valence electrons. The molecular weight excluding hydrogens is 415 g/mol. The molecule has 0 saturated carbocycles. The number of rotatable bonds is 9. The number of carbonyl (C=O) groups is 2. The lowest BCUT2D eigenvalue weighted by Gasteiger charge is -2.11. The van der Waals surface area contributed by atoms with Crippen LogP contribution in [0.3, 0.4) is 0 Å². The maximum atomic E-state index is 12.7. The van der Waals surface area contributed by atoms with E-state index < -0.39 is 29.3 Å². The molecule has 0 bridgehead atoms. The van der Waals surface area contributed by atoms with Crippen LogP contribution < -0.4 is 5.32 Å². The number of ketones is 1. The number of hydrogen-bond acceptors (Lipinski definition) is 6. The van der Waals surface area contributed by atoms with E-state index in [-0.39, 0.29) is 29.7 Å². The van der Waals surface area contributed by atoms with Crippen LogP contribution in [0.1, 0.15) is 41.9 Å². The molecule has 8 nitrogen and oxygen atoms in total. The van der Waals surface area contributed by atoms with E-state index >= 15 is 0 Å². The van der Waals surface area contributed by atoms with Crippen LogP contribution in [0.5, 0.6) is 0 Å². The molecule has 0 radical (unpaired) electrons. The van der Waals surface area contributed by atoms with Crippen LogP contribution in [0.2, 0.25) is 0 Å². The first-order valence-corrected chi connectivity index (χ1v) is 9.47. The molecule has 0 aliphatic rings. The molecule has 31 heavy (non-hydrogen) atoms. The number of pyridine rings is 1. The molecule has 1 N–H and O–H groups in total. The van der Waals surface area contributed by atoms with Crippen LogP contribution in [-0.4, -0.2) is 45.7 Å². The highest BCUT2D eigenvalue weighted by atomic mass is 19.4. The van der Waals surface area contributed by atoms with E-state index in [0.29, 0.717) is 19.2 Å². The van der Waals surface area contributed by atoms with Crippen molar-refractivity contribution in [1.29, 1.82) is 5.26 Å². The lowest BCUT2D eigenvalue weighted by atomic mass is 9.98. The van der Waals surface area contributed by atoms with Crippen molar-refractivity contribution in [3.05, 3.63) is 41.3 Å². The molecular formula is C20H22F3N5O3. The van der Waals surface area contributed by atoms with E-state index in [1.54, 1.807) is 6.07 Å². The van der Waals surface area contributed by atoms with E-state index in [4.69, 9.17) is 4.74 Å². The molecule has 2 aromatic heterocycles. The minimum Gasteiger partial charge on any atom is -0.379 e. The quantitative estimate of drug-likeness (QED) is 0.367. The van der Waals surface area contributed by atoms with Crippen LogP contribution in [0.25, 0.3) is 5.82 Å². The summed E-state index contributed by atoms with van der Waals surface area (Å²) >= 11 is 0. The molecule has 0 aliphatic heterocycles. The minimum absolute atomic E-state index is 0.00605. The zero-order valence-electron chi connectivity index (χ0n) is 17.2. The van der Waals surface area contributed by atoms with Gasteiger partial charge in [0.05, 0.1) is 35.2 Å². The van der Waals surface area contributed by atoms with Gasteiger partial charge in [0.1, 0.15) is 0 Å². The number of amides is 1. The molecule has 0 saturated heterocycles. The Morgan fingerprint density at radius 3 is 2.55 bits per heavy atom. The van der Waals surface area contributed by atoms with E-state index in [1.165, 1.54) is 11.6 Å². The first-order valence-electron chi connectivity index (χ1n) is 9.47. The fourth-order valence-corrected chi connectivity index (χ4v) is 2.66. The van der Waals surface area contributed by atoms with Crippen LogP contribution in [-0.2, 0) is 15.7 Å². The Labute approximate surface area is 177 Å². The van der Waals surface area contributed by atoms with Crippen LogP contribution in [0, 0.1) is 24.2 Å². The number of alkyl halides is 3. The monoisotopic (exact) mass is 437 g/mol. The second-order valence-corrected chi connectivity index (χ2v) is 6.95. The Balaban J connectivity index is 2.10. The zero-order valence-corrected chi connectivity index (χ0v) is 17.2. The summed E-state index contributed by atoms with van der Waals surface area (Å²) in [6.45, 7) is 5.92. The molecule has 11 heteroatoms. The standard InChI is InChI=1S/C20H22F3N5O3/c1-12(2)31-8-4-7-25-19(30)15(9-24)18(29)16-11-27-28(13(16)3)17-6-5-14(10-26-17)20(21,22)23/h5-6,10-12,15H,4,7-8H2,1-3H3,(H,25,30). The summed E-state index contributed by atoms with van der Waals surface area (Å²) in [6.07, 6.45) is -2.13.